The van der Waals surface area contributed by atoms with E-state index in [1.54, 1.807) is 0 Å². The van der Waals surface area contributed by atoms with Crippen molar-refractivity contribution in [2.75, 3.05) is 0 Å². The first-order valence-electron chi connectivity index (χ1n) is 17.9. The number of hydrogen-bond acceptors (Lipinski definition) is 6. The zero-order valence-corrected chi connectivity index (χ0v) is 28.8. The molecule has 0 N–H and O–H groups in total. The predicted molar refractivity (Wildman–Crippen MR) is 217 cm³/mol. The number of pyridine rings is 1. The lowest BCUT2D eigenvalue weighted by molar-refractivity contribution is 0.669. The summed E-state index contributed by atoms with van der Waals surface area (Å²) in [6.07, 6.45) is 0. The molecule has 11 aromatic rings. The van der Waals surface area contributed by atoms with Crippen molar-refractivity contribution in [2.24, 2.45) is 0 Å². The number of para-hydroxylation sites is 4. The molecule has 54 heavy (non-hydrogen) atoms. The lowest BCUT2D eigenvalue weighted by atomic mass is 9.98. The van der Waals surface area contributed by atoms with E-state index in [1.165, 1.54) is 0 Å². The van der Waals surface area contributed by atoms with Gasteiger partial charge in [-0.2, -0.15) is 0 Å². The van der Waals surface area contributed by atoms with Crippen molar-refractivity contribution in [1.29, 1.82) is 0 Å². The van der Waals surface area contributed by atoms with Gasteiger partial charge >= 0.3 is 0 Å². The minimum Gasteiger partial charge on any atom is -0.455 e. The Hall–Kier alpha value is -7.44. The van der Waals surface area contributed by atoms with Gasteiger partial charge in [0.1, 0.15) is 22.3 Å². The van der Waals surface area contributed by atoms with E-state index >= 15 is 0 Å². The number of benzene rings is 7. The maximum atomic E-state index is 6.42. The summed E-state index contributed by atoms with van der Waals surface area (Å²) < 4.78 is 12.8. The highest BCUT2D eigenvalue weighted by atomic mass is 16.3. The topological polar surface area (TPSA) is 77.8 Å². The Kier molecular flexibility index (Phi) is 6.75. The summed E-state index contributed by atoms with van der Waals surface area (Å²) in [6.45, 7) is 0. The van der Waals surface area contributed by atoms with Gasteiger partial charge in [-0.3, -0.25) is 0 Å². The third-order valence-corrected chi connectivity index (χ3v) is 10.1. The van der Waals surface area contributed by atoms with Gasteiger partial charge in [-0.25, -0.2) is 19.9 Å². The normalized spacial score (nSPS) is 11.7. The highest BCUT2D eigenvalue weighted by Gasteiger charge is 2.19. The second-order valence-corrected chi connectivity index (χ2v) is 13.4. The van der Waals surface area contributed by atoms with E-state index in [1.807, 2.05) is 103 Å². The number of hydrogen-bond donors (Lipinski definition) is 0. The average molecular weight is 693 g/mol. The molecule has 0 fully saturated rings. The Labute approximate surface area is 309 Å². The molecule has 4 aromatic heterocycles. The molecule has 0 atom stereocenters. The van der Waals surface area contributed by atoms with Crippen molar-refractivity contribution >= 4 is 54.8 Å². The van der Waals surface area contributed by atoms with Crippen LogP contribution in [0, 0.1) is 0 Å². The Balaban J connectivity index is 1.02. The third-order valence-electron chi connectivity index (χ3n) is 10.1. The Morgan fingerprint density at radius 2 is 0.907 bits per heavy atom. The monoisotopic (exact) mass is 692 g/mol. The molecule has 0 aliphatic carbocycles. The molecule has 6 nitrogen and oxygen atoms in total. The molecule has 0 radical (unpaired) electrons. The molecule has 0 aliphatic heterocycles. The molecule has 0 aliphatic rings. The number of nitrogens with zero attached hydrogens (tertiary/aromatic N) is 4. The molecular weight excluding hydrogens is 665 g/mol. The van der Waals surface area contributed by atoms with Gasteiger partial charge in [0.15, 0.2) is 17.5 Å². The van der Waals surface area contributed by atoms with Gasteiger partial charge in [-0.15, -0.1) is 0 Å². The van der Waals surface area contributed by atoms with E-state index in [9.17, 15) is 0 Å². The first-order chi connectivity index (χ1) is 26.7. The Morgan fingerprint density at radius 3 is 1.74 bits per heavy atom. The summed E-state index contributed by atoms with van der Waals surface area (Å²) >= 11 is 0. The van der Waals surface area contributed by atoms with Crippen LogP contribution in [-0.2, 0) is 0 Å². The predicted octanol–water partition coefficient (Wildman–Crippen LogP) is 12.6. The standard InChI is InChI=1S/C48H28N4O2/c1-2-12-31(13-3-1)46-50-47(52-48(51-46)38-20-11-19-35-34-16-5-8-22-40(34)53-44(35)38)33-15-10-14-32(28-33)29-24-26-30(27-25-29)43-42-37-18-6-9-23-41(37)54-45(42)36-17-4-7-21-39(36)49-43/h1-28H. The Bertz CT molecular complexity index is 3220. The third kappa shape index (κ3) is 4.89. The molecule has 0 saturated carbocycles. The minimum absolute atomic E-state index is 0.555. The van der Waals surface area contributed by atoms with E-state index in [2.05, 4.69) is 66.7 Å². The molecule has 0 spiro atoms. The van der Waals surface area contributed by atoms with Crippen LogP contribution in [0.2, 0.25) is 0 Å². The van der Waals surface area contributed by atoms with Crippen LogP contribution in [-0.4, -0.2) is 19.9 Å². The molecular formula is C48H28N4O2. The highest BCUT2D eigenvalue weighted by Crippen LogP contribution is 2.40. The number of rotatable bonds is 5. The van der Waals surface area contributed by atoms with Crippen molar-refractivity contribution in [3.05, 3.63) is 170 Å². The number of furan rings is 2. The second-order valence-electron chi connectivity index (χ2n) is 13.4. The van der Waals surface area contributed by atoms with Crippen LogP contribution in [0.1, 0.15) is 0 Å². The minimum atomic E-state index is 0.555. The van der Waals surface area contributed by atoms with Crippen LogP contribution in [0.5, 0.6) is 0 Å². The highest BCUT2D eigenvalue weighted by molar-refractivity contribution is 6.19. The van der Waals surface area contributed by atoms with Crippen molar-refractivity contribution in [2.45, 2.75) is 0 Å². The lowest BCUT2D eigenvalue weighted by Gasteiger charge is -2.10. The molecule has 4 heterocycles. The zero-order chi connectivity index (χ0) is 35.6. The number of fused-ring (bicyclic) bond motifs is 8. The van der Waals surface area contributed by atoms with Gasteiger partial charge in [-0.05, 0) is 47.5 Å². The fourth-order valence-corrected chi connectivity index (χ4v) is 7.54. The maximum absolute atomic E-state index is 6.42. The molecule has 7 aromatic carbocycles. The molecule has 0 bridgehead atoms. The van der Waals surface area contributed by atoms with E-state index < -0.39 is 0 Å². The summed E-state index contributed by atoms with van der Waals surface area (Å²) in [5.41, 5.74) is 10.8. The van der Waals surface area contributed by atoms with Crippen molar-refractivity contribution in [3.63, 3.8) is 0 Å². The summed E-state index contributed by atoms with van der Waals surface area (Å²) in [5, 5.41) is 5.17. The van der Waals surface area contributed by atoms with E-state index in [0.29, 0.717) is 17.5 Å². The van der Waals surface area contributed by atoms with Gasteiger partial charge in [-0.1, -0.05) is 133 Å². The van der Waals surface area contributed by atoms with Crippen LogP contribution in [0.3, 0.4) is 0 Å². The van der Waals surface area contributed by atoms with Crippen molar-refractivity contribution in [3.8, 4) is 56.5 Å². The van der Waals surface area contributed by atoms with Gasteiger partial charge in [0.05, 0.1) is 22.2 Å². The van der Waals surface area contributed by atoms with Crippen LogP contribution in [0.15, 0.2) is 179 Å². The second kappa shape index (κ2) is 12.1. The fraction of sp³-hybridized carbons (Fsp3) is 0. The van der Waals surface area contributed by atoms with Gasteiger partial charge in [0, 0.05) is 38.2 Å². The number of aromatic nitrogens is 4. The quantitative estimate of drug-likeness (QED) is 0.179. The average Bonchev–Trinajstić information content (AvgIpc) is 3.83. The smallest absolute Gasteiger partial charge is 0.167 e. The van der Waals surface area contributed by atoms with Crippen LogP contribution < -0.4 is 0 Å². The largest absolute Gasteiger partial charge is 0.455 e. The molecule has 0 amide bonds. The molecule has 252 valence electrons. The Morgan fingerprint density at radius 1 is 0.333 bits per heavy atom. The summed E-state index contributed by atoms with van der Waals surface area (Å²) in [7, 11) is 0. The summed E-state index contributed by atoms with van der Waals surface area (Å²) in [6, 6.07) is 57.5. The SMILES string of the molecule is c1ccc(-c2nc(-c3cccc(-c4ccc(-c5nc6ccccc6c6oc7ccccc7c56)cc4)c3)nc(-c3cccc4c3oc3ccccc34)n2)cc1. The van der Waals surface area contributed by atoms with Gasteiger partial charge < -0.3 is 8.83 Å². The first-order valence-corrected chi connectivity index (χ1v) is 17.9. The molecule has 6 heteroatoms. The maximum Gasteiger partial charge on any atom is 0.167 e. The van der Waals surface area contributed by atoms with Gasteiger partial charge in [0.25, 0.3) is 0 Å². The van der Waals surface area contributed by atoms with E-state index in [-0.39, 0.29) is 0 Å². The lowest BCUT2D eigenvalue weighted by Crippen LogP contribution is -2.00. The summed E-state index contributed by atoms with van der Waals surface area (Å²) in [4.78, 5) is 20.3. The zero-order valence-electron chi connectivity index (χ0n) is 28.8. The molecule has 0 saturated heterocycles. The van der Waals surface area contributed by atoms with Crippen LogP contribution >= 0.6 is 0 Å². The van der Waals surface area contributed by atoms with Crippen LogP contribution in [0.25, 0.3) is 111 Å². The van der Waals surface area contributed by atoms with Crippen LogP contribution in [0.4, 0.5) is 0 Å². The molecule has 11 rings (SSSR count). The molecule has 0 unspecified atom stereocenters. The van der Waals surface area contributed by atoms with E-state index in [4.69, 9.17) is 28.8 Å². The van der Waals surface area contributed by atoms with Gasteiger partial charge in [0.2, 0.25) is 0 Å². The summed E-state index contributed by atoms with van der Waals surface area (Å²) in [5.74, 6) is 1.73. The van der Waals surface area contributed by atoms with Crippen molar-refractivity contribution in [1.82, 2.24) is 19.9 Å². The fourth-order valence-electron chi connectivity index (χ4n) is 7.54. The van der Waals surface area contributed by atoms with E-state index in [0.717, 1.165) is 93.9 Å². The first kappa shape index (κ1) is 30.2. The van der Waals surface area contributed by atoms with Crippen molar-refractivity contribution < 1.29 is 8.83 Å².